The molecule has 1 atom stereocenters. The fraction of sp³-hybridized carbons (Fsp3) is 0.333. The molecule has 0 aliphatic heterocycles. The normalized spacial score (nSPS) is 12.2. The van der Waals surface area contributed by atoms with Gasteiger partial charge < -0.3 is 10.1 Å². The first-order chi connectivity index (χ1) is 9.66. The molecule has 0 aromatic heterocycles. The van der Waals surface area contributed by atoms with Gasteiger partial charge in [0.25, 0.3) is 0 Å². The van der Waals surface area contributed by atoms with Crippen molar-refractivity contribution in [1.82, 2.24) is 5.32 Å². The lowest BCUT2D eigenvalue weighted by atomic mass is 10.1. The van der Waals surface area contributed by atoms with Crippen molar-refractivity contribution in [2.24, 2.45) is 0 Å². The maximum absolute atomic E-state index is 6.05. The average molecular weight is 269 g/mol. The number of benzene rings is 2. The molecule has 106 valence electrons. The van der Waals surface area contributed by atoms with Gasteiger partial charge in [0.2, 0.25) is 0 Å². The second-order valence-corrected chi connectivity index (χ2v) is 5.27. The topological polar surface area (TPSA) is 21.3 Å². The maximum atomic E-state index is 6.05. The number of hydrogen-bond donors (Lipinski definition) is 1. The van der Waals surface area contributed by atoms with Gasteiger partial charge in [-0.1, -0.05) is 48.5 Å². The molecule has 1 N–H and O–H groups in total. The molecule has 0 spiro atoms. The molecule has 20 heavy (non-hydrogen) atoms. The summed E-state index contributed by atoms with van der Waals surface area (Å²) in [6, 6.07) is 16.7. The molecule has 2 rings (SSSR count). The van der Waals surface area contributed by atoms with E-state index in [4.69, 9.17) is 4.74 Å². The molecule has 0 aliphatic carbocycles. The fourth-order valence-electron chi connectivity index (χ4n) is 2.24. The van der Waals surface area contributed by atoms with Crippen LogP contribution in [0, 0.1) is 13.8 Å². The lowest BCUT2D eigenvalue weighted by molar-refractivity contribution is 0.214. The predicted molar refractivity (Wildman–Crippen MR) is 84.2 cm³/mol. The number of ether oxygens (including phenoxy) is 1. The van der Waals surface area contributed by atoms with Gasteiger partial charge in [0.05, 0.1) is 0 Å². The van der Waals surface area contributed by atoms with Crippen LogP contribution in [0.15, 0.2) is 48.5 Å². The highest BCUT2D eigenvalue weighted by Gasteiger charge is 2.08. The van der Waals surface area contributed by atoms with Crippen molar-refractivity contribution in [3.05, 3.63) is 65.2 Å². The first-order valence-electron chi connectivity index (χ1n) is 7.14. The van der Waals surface area contributed by atoms with Gasteiger partial charge in [0.15, 0.2) is 0 Å². The Balaban J connectivity index is 1.82. The van der Waals surface area contributed by atoms with E-state index in [1.165, 1.54) is 16.7 Å². The zero-order chi connectivity index (χ0) is 14.4. The van der Waals surface area contributed by atoms with Crippen LogP contribution in [0.3, 0.4) is 0 Å². The van der Waals surface area contributed by atoms with Crippen molar-refractivity contribution in [3.63, 3.8) is 0 Å². The van der Waals surface area contributed by atoms with Gasteiger partial charge in [-0.15, -0.1) is 0 Å². The van der Waals surface area contributed by atoms with Gasteiger partial charge in [0, 0.05) is 13.1 Å². The van der Waals surface area contributed by atoms with Crippen molar-refractivity contribution in [3.8, 4) is 5.75 Å². The van der Waals surface area contributed by atoms with E-state index in [0.29, 0.717) is 0 Å². The van der Waals surface area contributed by atoms with Gasteiger partial charge in [-0.25, -0.2) is 0 Å². The number of rotatable bonds is 6. The molecule has 1 unspecified atom stereocenters. The van der Waals surface area contributed by atoms with E-state index in [0.717, 1.165) is 18.8 Å². The monoisotopic (exact) mass is 269 g/mol. The first kappa shape index (κ1) is 14.6. The maximum Gasteiger partial charge on any atom is 0.125 e. The number of nitrogens with one attached hydrogen (secondary N) is 1. The third kappa shape index (κ3) is 4.10. The standard InChI is InChI=1S/C18H23NO/c1-14-8-7-9-15(2)18(14)20-16(3)12-19-13-17-10-5-4-6-11-17/h4-11,16,19H,12-13H2,1-3H3. The summed E-state index contributed by atoms with van der Waals surface area (Å²) < 4.78 is 6.05. The Bertz CT molecular complexity index is 516. The molecule has 2 heteroatoms. The summed E-state index contributed by atoms with van der Waals surface area (Å²) in [5.74, 6) is 1.02. The van der Waals surface area contributed by atoms with Crippen LogP contribution in [0.2, 0.25) is 0 Å². The summed E-state index contributed by atoms with van der Waals surface area (Å²) in [7, 11) is 0. The van der Waals surface area contributed by atoms with Gasteiger partial charge in [-0.05, 0) is 37.5 Å². The van der Waals surface area contributed by atoms with Crippen molar-refractivity contribution in [1.29, 1.82) is 0 Å². The lowest BCUT2D eigenvalue weighted by Gasteiger charge is -2.18. The average Bonchev–Trinajstić information content (AvgIpc) is 2.44. The summed E-state index contributed by atoms with van der Waals surface area (Å²) in [6.07, 6.45) is 0.151. The second kappa shape index (κ2) is 7.11. The van der Waals surface area contributed by atoms with Crippen LogP contribution >= 0.6 is 0 Å². The third-order valence-electron chi connectivity index (χ3n) is 3.33. The molecule has 0 aliphatic rings. The Labute approximate surface area is 121 Å². The Kier molecular flexibility index (Phi) is 5.19. The number of aryl methyl sites for hydroxylation is 2. The van der Waals surface area contributed by atoms with Crippen molar-refractivity contribution >= 4 is 0 Å². The van der Waals surface area contributed by atoms with Crippen molar-refractivity contribution < 1.29 is 4.74 Å². The Morgan fingerprint density at radius 3 is 2.25 bits per heavy atom. The van der Waals surface area contributed by atoms with E-state index in [2.05, 4.69) is 68.6 Å². The molecule has 2 aromatic carbocycles. The van der Waals surface area contributed by atoms with Crippen LogP contribution in [0.4, 0.5) is 0 Å². The quantitative estimate of drug-likeness (QED) is 0.859. The van der Waals surface area contributed by atoms with E-state index in [-0.39, 0.29) is 6.10 Å². The molecular weight excluding hydrogens is 246 g/mol. The summed E-state index contributed by atoms with van der Waals surface area (Å²) in [4.78, 5) is 0. The molecule has 2 nitrogen and oxygen atoms in total. The van der Waals surface area contributed by atoms with E-state index in [1.807, 2.05) is 6.07 Å². The van der Waals surface area contributed by atoms with Gasteiger partial charge in [-0.3, -0.25) is 0 Å². The SMILES string of the molecule is Cc1cccc(C)c1OC(C)CNCc1ccccc1. The highest BCUT2D eigenvalue weighted by atomic mass is 16.5. The molecule has 0 saturated carbocycles. The zero-order valence-electron chi connectivity index (χ0n) is 12.5. The molecule has 0 saturated heterocycles. The van der Waals surface area contributed by atoms with E-state index < -0.39 is 0 Å². The Morgan fingerprint density at radius 1 is 0.950 bits per heavy atom. The zero-order valence-corrected chi connectivity index (χ0v) is 12.5. The summed E-state index contributed by atoms with van der Waals surface area (Å²) in [5.41, 5.74) is 3.69. The highest BCUT2D eigenvalue weighted by Crippen LogP contribution is 2.23. The van der Waals surface area contributed by atoms with Crippen LogP contribution in [-0.4, -0.2) is 12.6 Å². The highest BCUT2D eigenvalue weighted by molar-refractivity contribution is 5.39. The van der Waals surface area contributed by atoms with Gasteiger partial charge in [-0.2, -0.15) is 0 Å². The van der Waals surface area contributed by atoms with Crippen molar-refractivity contribution in [2.45, 2.75) is 33.4 Å². The lowest BCUT2D eigenvalue weighted by Crippen LogP contribution is -2.29. The smallest absolute Gasteiger partial charge is 0.125 e. The van der Waals surface area contributed by atoms with E-state index >= 15 is 0 Å². The minimum absolute atomic E-state index is 0.151. The van der Waals surface area contributed by atoms with Gasteiger partial charge >= 0.3 is 0 Å². The molecule has 0 bridgehead atoms. The second-order valence-electron chi connectivity index (χ2n) is 5.27. The molecule has 0 fully saturated rings. The summed E-state index contributed by atoms with van der Waals surface area (Å²) in [5, 5.41) is 3.44. The molecule has 0 amide bonds. The fourth-order valence-corrected chi connectivity index (χ4v) is 2.24. The van der Waals surface area contributed by atoms with Crippen molar-refractivity contribution in [2.75, 3.05) is 6.54 Å². The summed E-state index contributed by atoms with van der Waals surface area (Å²) in [6.45, 7) is 7.99. The minimum Gasteiger partial charge on any atom is -0.489 e. The molecule has 0 heterocycles. The molecule has 0 radical (unpaired) electrons. The van der Waals surface area contributed by atoms with Crippen LogP contribution in [0.5, 0.6) is 5.75 Å². The van der Waals surface area contributed by atoms with E-state index in [9.17, 15) is 0 Å². The number of para-hydroxylation sites is 1. The van der Waals surface area contributed by atoms with Crippen LogP contribution < -0.4 is 10.1 Å². The van der Waals surface area contributed by atoms with Crippen LogP contribution in [0.1, 0.15) is 23.6 Å². The largest absolute Gasteiger partial charge is 0.489 e. The van der Waals surface area contributed by atoms with E-state index in [1.54, 1.807) is 0 Å². The molecule has 2 aromatic rings. The number of hydrogen-bond acceptors (Lipinski definition) is 2. The first-order valence-corrected chi connectivity index (χ1v) is 7.14. The van der Waals surface area contributed by atoms with Crippen LogP contribution in [-0.2, 0) is 6.54 Å². The Hall–Kier alpha value is -1.80. The third-order valence-corrected chi connectivity index (χ3v) is 3.33. The summed E-state index contributed by atoms with van der Waals surface area (Å²) >= 11 is 0. The predicted octanol–water partition coefficient (Wildman–Crippen LogP) is 3.86. The Morgan fingerprint density at radius 2 is 1.60 bits per heavy atom. The van der Waals surface area contributed by atoms with Gasteiger partial charge in [0.1, 0.15) is 11.9 Å². The minimum atomic E-state index is 0.151. The molecular formula is C18H23NO. The van der Waals surface area contributed by atoms with Crippen LogP contribution in [0.25, 0.3) is 0 Å².